The molecule has 1 saturated heterocycles. The van der Waals surface area contributed by atoms with Gasteiger partial charge in [0.05, 0.1) is 12.6 Å². The summed E-state index contributed by atoms with van der Waals surface area (Å²) >= 11 is 6.20. The zero-order valence-corrected chi connectivity index (χ0v) is 19.2. The lowest BCUT2D eigenvalue weighted by Crippen LogP contribution is -2.57. The molecule has 3 rings (SSSR count). The van der Waals surface area contributed by atoms with E-state index in [1.54, 1.807) is 4.90 Å². The molecule has 1 amide bonds. The molecule has 1 aromatic carbocycles. The van der Waals surface area contributed by atoms with Crippen LogP contribution in [0.15, 0.2) is 29.3 Å². The maximum Gasteiger partial charge on any atom is 0.410 e. The molecule has 0 bridgehead atoms. The smallest absolute Gasteiger partial charge is 0.410 e. The monoisotopic (exact) mass is 506 g/mol. The third-order valence-corrected chi connectivity index (χ3v) is 4.86. The van der Waals surface area contributed by atoms with Crippen LogP contribution in [0.3, 0.4) is 0 Å². The summed E-state index contributed by atoms with van der Waals surface area (Å²) < 4.78 is 5.48. The number of ether oxygens (including phenoxy) is 1. The van der Waals surface area contributed by atoms with E-state index >= 15 is 0 Å². The molecule has 0 aromatic heterocycles. The Bertz CT molecular complexity index is 693. The van der Waals surface area contributed by atoms with Crippen molar-refractivity contribution in [3.8, 4) is 0 Å². The number of carbonyl (C=O) groups excluding carboxylic acids is 1. The summed E-state index contributed by atoms with van der Waals surface area (Å²) in [4.78, 5) is 20.9. The number of carbonyl (C=O) groups is 1. The molecule has 0 aliphatic carbocycles. The normalized spacial score (nSPS) is 19.1. The number of fused-ring (bicyclic) bond motifs is 1. The van der Waals surface area contributed by atoms with Crippen LogP contribution in [0.2, 0.25) is 5.02 Å². The number of nitrogens with zero attached hydrogens (tertiary/aromatic N) is 3. The van der Waals surface area contributed by atoms with Crippen molar-refractivity contribution < 1.29 is 9.53 Å². The van der Waals surface area contributed by atoms with E-state index < -0.39 is 5.60 Å². The fourth-order valence-electron chi connectivity index (χ4n) is 3.23. The highest BCUT2D eigenvalue weighted by molar-refractivity contribution is 14.0. The van der Waals surface area contributed by atoms with Crippen molar-refractivity contribution in [2.45, 2.75) is 38.8 Å². The lowest BCUT2D eigenvalue weighted by Gasteiger charge is -2.39. The molecule has 1 N–H and O–H groups in total. The number of guanidine groups is 1. The second-order valence-electron chi connectivity index (χ2n) is 7.71. The lowest BCUT2D eigenvalue weighted by molar-refractivity contribution is 0.0137. The number of hydrogen-bond acceptors (Lipinski definition) is 5. The number of amides is 1. The standard InChI is InChI=1S/C19H27ClN4O2.HI/c1-19(2,3)26-18(25)23-10-11-24-15(13-23)12-22-17(24)21-9-8-14-6-4-5-7-16(14)20;/h4-7,15H,8-13H2,1-3H3,(H,21,22);1H. The summed E-state index contributed by atoms with van der Waals surface area (Å²) in [6.07, 6.45) is 0.610. The van der Waals surface area contributed by atoms with Crippen LogP contribution in [0.4, 0.5) is 4.79 Å². The number of rotatable bonds is 3. The topological polar surface area (TPSA) is 57.2 Å². The third-order valence-electron chi connectivity index (χ3n) is 4.49. The molecule has 2 heterocycles. The van der Waals surface area contributed by atoms with Gasteiger partial charge in [0.25, 0.3) is 0 Å². The van der Waals surface area contributed by atoms with E-state index in [-0.39, 0.29) is 36.1 Å². The fraction of sp³-hybridized carbons (Fsp3) is 0.579. The van der Waals surface area contributed by atoms with Crippen molar-refractivity contribution >= 4 is 47.6 Å². The first-order valence-corrected chi connectivity index (χ1v) is 9.47. The van der Waals surface area contributed by atoms with Crippen molar-refractivity contribution in [2.24, 2.45) is 4.99 Å². The van der Waals surface area contributed by atoms with Crippen LogP contribution in [0.25, 0.3) is 0 Å². The van der Waals surface area contributed by atoms with E-state index in [4.69, 9.17) is 16.3 Å². The molecule has 0 radical (unpaired) electrons. The molecule has 0 saturated carbocycles. The van der Waals surface area contributed by atoms with Gasteiger partial charge in [-0.3, -0.25) is 4.99 Å². The summed E-state index contributed by atoms with van der Waals surface area (Å²) in [6.45, 7) is 9.21. The van der Waals surface area contributed by atoms with E-state index in [0.29, 0.717) is 19.6 Å². The first kappa shape index (κ1) is 22.1. The zero-order valence-electron chi connectivity index (χ0n) is 16.1. The molecular formula is C19H28ClIN4O2. The Morgan fingerprint density at radius 3 is 2.78 bits per heavy atom. The summed E-state index contributed by atoms with van der Waals surface area (Å²) in [5, 5.41) is 4.22. The summed E-state index contributed by atoms with van der Waals surface area (Å²) in [6, 6.07) is 8.12. The first-order chi connectivity index (χ1) is 12.3. The maximum absolute atomic E-state index is 12.3. The fourth-order valence-corrected chi connectivity index (χ4v) is 3.46. The Hall–Kier alpha value is -1.22. The molecule has 2 aliphatic rings. The van der Waals surface area contributed by atoms with Crippen LogP contribution in [-0.2, 0) is 11.2 Å². The van der Waals surface area contributed by atoms with Crippen molar-refractivity contribution in [1.29, 1.82) is 0 Å². The van der Waals surface area contributed by atoms with Gasteiger partial charge in [0, 0.05) is 31.2 Å². The molecule has 2 aliphatic heterocycles. The summed E-state index contributed by atoms with van der Waals surface area (Å²) in [7, 11) is 0. The quantitative estimate of drug-likeness (QED) is 0.639. The first-order valence-electron chi connectivity index (χ1n) is 9.10. The Kier molecular flexibility index (Phi) is 7.62. The van der Waals surface area contributed by atoms with Gasteiger partial charge in [0.1, 0.15) is 5.60 Å². The van der Waals surface area contributed by atoms with E-state index in [1.807, 2.05) is 45.0 Å². The third kappa shape index (κ3) is 5.88. The molecule has 1 atom stereocenters. The average molecular weight is 507 g/mol. The minimum absolute atomic E-state index is 0. The van der Waals surface area contributed by atoms with Gasteiger partial charge in [-0.05, 0) is 38.8 Å². The second kappa shape index (κ2) is 9.32. The number of nitrogens with one attached hydrogen (secondary N) is 1. The van der Waals surface area contributed by atoms with Crippen molar-refractivity contribution in [1.82, 2.24) is 15.1 Å². The second-order valence-corrected chi connectivity index (χ2v) is 8.11. The Balaban J connectivity index is 0.00000261. The molecule has 1 aromatic rings. The number of benzene rings is 1. The van der Waals surface area contributed by atoms with E-state index in [9.17, 15) is 4.79 Å². The van der Waals surface area contributed by atoms with Crippen LogP contribution >= 0.6 is 35.6 Å². The zero-order chi connectivity index (χ0) is 18.7. The predicted molar refractivity (Wildman–Crippen MR) is 119 cm³/mol. The average Bonchev–Trinajstić information content (AvgIpc) is 2.97. The largest absolute Gasteiger partial charge is 0.444 e. The SMILES string of the molecule is CC(C)(C)OC(=O)N1CCN2C(NCCc3ccccc3Cl)=NCC2C1.I. The molecule has 1 fully saturated rings. The van der Waals surface area contributed by atoms with Gasteiger partial charge in [-0.25, -0.2) is 4.79 Å². The highest BCUT2D eigenvalue weighted by atomic mass is 127. The summed E-state index contributed by atoms with van der Waals surface area (Å²) in [5.74, 6) is 0.922. The van der Waals surface area contributed by atoms with Crippen LogP contribution in [0.5, 0.6) is 0 Å². The van der Waals surface area contributed by atoms with Gasteiger partial charge < -0.3 is 19.9 Å². The van der Waals surface area contributed by atoms with E-state index in [0.717, 1.165) is 36.1 Å². The molecule has 6 nitrogen and oxygen atoms in total. The van der Waals surface area contributed by atoms with Crippen molar-refractivity contribution in [3.05, 3.63) is 34.9 Å². The van der Waals surface area contributed by atoms with Crippen molar-refractivity contribution in [3.63, 3.8) is 0 Å². The number of aliphatic imine (C=N–C) groups is 1. The Morgan fingerprint density at radius 2 is 2.07 bits per heavy atom. The van der Waals surface area contributed by atoms with Gasteiger partial charge in [-0.15, -0.1) is 24.0 Å². The molecule has 0 spiro atoms. The highest BCUT2D eigenvalue weighted by Crippen LogP contribution is 2.19. The molecule has 1 unspecified atom stereocenters. The van der Waals surface area contributed by atoms with Crippen LogP contribution < -0.4 is 5.32 Å². The molecule has 27 heavy (non-hydrogen) atoms. The van der Waals surface area contributed by atoms with E-state index in [1.165, 1.54) is 0 Å². The van der Waals surface area contributed by atoms with Crippen LogP contribution in [-0.4, -0.2) is 66.2 Å². The summed E-state index contributed by atoms with van der Waals surface area (Å²) in [5.41, 5.74) is 0.665. The predicted octanol–water partition coefficient (Wildman–Crippen LogP) is 3.38. The van der Waals surface area contributed by atoms with Crippen LogP contribution in [0.1, 0.15) is 26.3 Å². The minimum Gasteiger partial charge on any atom is -0.444 e. The van der Waals surface area contributed by atoms with Gasteiger partial charge in [-0.1, -0.05) is 29.8 Å². The van der Waals surface area contributed by atoms with Gasteiger partial charge in [-0.2, -0.15) is 0 Å². The highest BCUT2D eigenvalue weighted by Gasteiger charge is 2.36. The van der Waals surface area contributed by atoms with Gasteiger partial charge in [0.2, 0.25) is 0 Å². The van der Waals surface area contributed by atoms with Gasteiger partial charge >= 0.3 is 6.09 Å². The van der Waals surface area contributed by atoms with E-state index in [2.05, 4.69) is 15.2 Å². The number of halogens is 2. The number of hydrogen-bond donors (Lipinski definition) is 1. The maximum atomic E-state index is 12.3. The van der Waals surface area contributed by atoms with Crippen LogP contribution in [0, 0.1) is 0 Å². The van der Waals surface area contributed by atoms with Crippen molar-refractivity contribution in [2.75, 3.05) is 32.7 Å². The lowest BCUT2D eigenvalue weighted by atomic mass is 10.1. The molecular weight excluding hydrogens is 479 g/mol. The Morgan fingerprint density at radius 1 is 1.33 bits per heavy atom. The number of piperazine rings is 1. The Labute approximate surface area is 183 Å². The molecule has 8 heteroatoms. The van der Waals surface area contributed by atoms with Gasteiger partial charge in [0.15, 0.2) is 5.96 Å². The molecule has 150 valence electrons. The minimum atomic E-state index is -0.466.